The molecule has 0 aliphatic heterocycles. The number of aromatic nitrogens is 2. The SMILES string of the molecule is Cc1[nH]nc(CO)c1S(=O)(=O)NC1CCC(C)C1C. The Labute approximate surface area is 113 Å². The van der Waals surface area contributed by atoms with Gasteiger partial charge in [0.15, 0.2) is 0 Å². The second-order valence-electron chi connectivity index (χ2n) is 5.42. The van der Waals surface area contributed by atoms with Crippen LogP contribution in [-0.2, 0) is 16.6 Å². The maximum atomic E-state index is 12.4. The number of hydrogen-bond acceptors (Lipinski definition) is 4. The fraction of sp³-hybridized carbons (Fsp3) is 0.750. The van der Waals surface area contributed by atoms with Crippen LogP contribution in [0, 0.1) is 18.8 Å². The molecule has 1 fully saturated rings. The molecule has 0 radical (unpaired) electrons. The van der Waals surface area contributed by atoms with E-state index in [0.29, 0.717) is 17.5 Å². The lowest BCUT2D eigenvalue weighted by Crippen LogP contribution is -2.37. The molecule has 1 heterocycles. The highest BCUT2D eigenvalue weighted by Crippen LogP contribution is 2.32. The Kier molecular flexibility index (Phi) is 3.98. The molecule has 19 heavy (non-hydrogen) atoms. The predicted molar refractivity (Wildman–Crippen MR) is 70.9 cm³/mol. The molecule has 1 aromatic rings. The van der Waals surface area contributed by atoms with Crippen LogP contribution < -0.4 is 4.72 Å². The lowest BCUT2D eigenvalue weighted by atomic mass is 9.98. The maximum Gasteiger partial charge on any atom is 0.244 e. The van der Waals surface area contributed by atoms with E-state index in [4.69, 9.17) is 0 Å². The summed E-state index contributed by atoms with van der Waals surface area (Å²) in [7, 11) is -3.63. The fourth-order valence-electron chi connectivity index (χ4n) is 2.72. The first kappa shape index (κ1) is 14.5. The van der Waals surface area contributed by atoms with E-state index in [-0.39, 0.29) is 16.6 Å². The predicted octanol–water partition coefficient (Wildman–Crippen LogP) is 0.923. The van der Waals surface area contributed by atoms with Gasteiger partial charge in [-0.15, -0.1) is 0 Å². The van der Waals surface area contributed by atoms with Crippen molar-refractivity contribution in [2.45, 2.75) is 51.2 Å². The second kappa shape index (κ2) is 5.22. The monoisotopic (exact) mass is 287 g/mol. The van der Waals surface area contributed by atoms with E-state index in [0.717, 1.165) is 12.8 Å². The Morgan fingerprint density at radius 1 is 1.42 bits per heavy atom. The number of H-pyrrole nitrogens is 1. The molecular formula is C12H21N3O3S. The zero-order valence-corrected chi connectivity index (χ0v) is 12.3. The molecule has 108 valence electrons. The summed E-state index contributed by atoms with van der Waals surface area (Å²) in [6.45, 7) is 5.46. The molecule has 1 saturated carbocycles. The molecule has 0 saturated heterocycles. The van der Waals surface area contributed by atoms with Gasteiger partial charge in [0, 0.05) is 6.04 Å². The molecular weight excluding hydrogens is 266 g/mol. The number of nitrogens with zero attached hydrogens (tertiary/aromatic N) is 1. The Balaban J connectivity index is 2.26. The minimum absolute atomic E-state index is 0.0409. The van der Waals surface area contributed by atoms with Gasteiger partial charge in [0.05, 0.1) is 12.3 Å². The van der Waals surface area contributed by atoms with Crippen molar-refractivity contribution in [1.29, 1.82) is 0 Å². The summed E-state index contributed by atoms with van der Waals surface area (Å²) in [4.78, 5) is 0.0850. The van der Waals surface area contributed by atoms with Crippen molar-refractivity contribution in [1.82, 2.24) is 14.9 Å². The molecule has 0 bridgehead atoms. The minimum atomic E-state index is -3.63. The van der Waals surface area contributed by atoms with Crippen LogP contribution in [0.2, 0.25) is 0 Å². The molecule has 7 heteroatoms. The van der Waals surface area contributed by atoms with Crippen LogP contribution >= 0.6 is 0 Å². The molecule has 1 aliphatic carbocycles. The molecule has 0 amide bonds. The van der Waals surface area contributed by atoms with Gasteiger partial charge in [-0.05, 0) is 31.6 Å². The van der Waals surface area contributed by atoms with Gasteiger partial charge < -0.3 is 5.11 Å². The molecule has 1 aliphatic rings. The van der Waals surface area contributed by atoms with Crippen molar-refractivity contribution in [3.05, 3.63) is 11.4 Å². The number of hydrogen-bond donors (Lipinski definition) is 3. The van der Waals surface area contributed by atoms with Crippen LogP contribution in [-0.4, -0.2) is 29.8 Å². The molecule has 3 unspecified atom stereocenters. The van der Waals surface area contributed by atoms with Crippen molar-refractivity contribution in [2.24, 2.45) is 11.8 Å². The number of rotatable bonds is 4. The lowest BCUT2D eigenvalue weighted by molar-refractivity contribution is 0.273. The molecule has 3 N–H and O–H groups in total. The Morgan fingerprint density at radius 2 is 2.11 bits per heavy atom. The van der Waals surface area contributed by atoms with Crippen molar-refractivity contribution in [2.75, 3.05) is 0 Å². The molecule has 0 spiro atoms. The Morgan fingerprint density at radius 3 is 2.63 bits per heavy atom. The smallest absolute Gasteiger partial charge is 0.244 e. The van der Waals surface area contributed by atoms with Crippen LogP contribution in [0.5, 0.6) is 0 Å². The van der Waals surface area contributed by atoms with Crippen LogP contribution in [0.25, 0.3) is 0 Å². The van der Waals surface area contributed by atoms with Gasteiger partial charge >= 0.3 is 0 Å². The van der Waals surface area contributed by atoms with Gasteiger partial charge in [0.1, 0.15) is 10.6 Å². The zero-order valence-electron chi connectivity index (χ0n) is 11.5. The van der Waals surface area contributed by atoms with E-state index in [1.54, 1.807) is 6.92 Å². The average Bonchev–Trinajstić information content (AvgIpc) is 2.87. The topological polar surface area (TPSA) is 95.1 Å². The summed E-state index contributed by atoms with van der Waals surface area (Å²) < 4.78 is 27.6. The molecule has 3 atom stereocenters. The van der Waals surface area contributed by atoms with Crippen LogP contribution in [0.4, 0.5) is 0 Å². The van der Waals surface area contributed by atoms with Crippen molar-refractivity contribution < 1.29 is 13.5 Å². The lowest BCUT2D eigenvalue weighted by Gasteiger charge is -2.19. The van der Waals surface area contributed by atoms with Crippen LogP contribution in [0.3, 0.4) is 0 Å². The Bertz CT molecular complexity index is 553. The third-order valence-corrected chi connectivity index (χ3v) is 5.84. The fourth-order valence-corrected chi connectivity index (χ4v) is 4.44. The standard InChI is InChI=1S/C12H21N3O3S/c1-7-4-5-10(8(7)2)15-19(17,18)12-9(3)13-14-11(12)6-16/h7-8,10,15-16H,4-6H2,1-3H3,(H,13,14). The molecule has 0 aromatic carbocycles. The number of aliphatic hydroxyl groups is 1. The minimum Gasteiger partial charge on any atom is -0.390 e. The second-order valence-corrected chi connectivity index (χ2v) is 7.07. The van der Waals surface area contributed by atoms with Crippen molar-refractivity contribution in [3.63, 3.8) is 0 Å². The van der Waals surface area contributed by atoms with Crippen molar-refractivity contribution >= 4 is 10.0 Å². The summed E-state index contributed by atoms with van der Waals surface area (Å²) in [5.41, 5.74) is 0.624. The first-order chi connectivity index (χ1) is 8.86. The van der Waals surface area contributed by atoms with Crippen molar-refractivity contribution in [3.8, 4) is 0 Å². The number of aromatic amines is 1. The summed E-state index contributed by atoms with van der Waals surface area (Å²) in [5.74, 6) is 0.843. The van der Waals surface area contributed by atoms with Gasteiger partial charge in [-0.3, -0.25) is 5.10 Å². The van der Waals surface area contributed by atoms with Gasteiger partial charge in [-0.25, -0.2) is 13.1 Å². The van der Waals surface area contributed by atoms with E-state index in [9.17, 15) is 13.5 Å². The zero-order chi connectivity index (χ0) is 14.2. The largest absolute Gasteiger partial charge is 0.390 e. The normalized spacial score (nSPS) is 27.9. The third-order valence-electron chi connectivity index (χ3n) is 4.15. The maximum absolute atomic E-state index is 12.4. The van der Waals surface area contributed by atoms with E-state index in [2.05, 4.69) is 28.8 Å². The quantitative estimate of drug-likeness (QED) is 0.767. The molecule has 2 rings (SSSR count). The number of aryl methyl sites for hydroxylation is 1. The summed E-state index contributed by atoms with van der Waals surface area (Å²) >= 11 is 0. The van der Waals surface area contributed by atoms with E-state index >= 15 is 0 Å². The van der Waals surface area contributed by atoms with E-state index in [1.807, 2.05) is 0 Å². The summed E-state index contributed by atoms with van der Waals surface area (Å²) in [6, 6.07) is -0.0409. The van der Waals surface area contributed by atoms with E-state index in [1.165, 1.54) is 0 Å². The van der Waals surface area contributed by atoms with Gasteiger partial charge in [-0.2, -0.15) is 5.10 Å². The molecule has 1 aromatic heterocycles. The highest BCUT2D eigenvalue weighted by atomic mass is 32.2. The molecule has 6 nitrogen and oxygen atoms in total. The van der Waals surface area contributed by atoms with Crippen LogP contribution in [0.15, 0.2) is 4.90 Å². The Hall–Kier alpha value is -0.920. The first-order valence-electron chi connectivity index (χ1n) is 6.54. The number of sulfonamides is 1. The number of aliphatic hydroxyl groups excluding tert-OH is 1. The average molecular weight is 287 g/mol. The first-order valence-corrected chi connectivity index (χ1v) is 8.02. The number of nitrogens with one attached hydrogen (secondary N) is 2. The van der Waals surface area contributed by atoms with Crippen LogP contribution in [0.1, 0.15) is 38.1 Å². The van der Waals surface area contributed by atoms with Gasteiger partial charge in [-0.1, -0.05) is 13.8 Å². The van der Waals surface area contributed by atoms with E-state index < -0.39 is 16.6 Å². The highest BCUT2D eigenvalue weighted by Gasteiger charge is 2.34. The summed E-state index contributed by atoms with van der Waals surface area (Å²) in [5, 5.41) is 15.6. The summed E-state index contributed by atoms with van der Waals surface area (Å²) in [6.07, 6.45) is 1.89. The van der Waals surface area contributed by atoms with Gasteiger partial charge in [0.2, 0.25) is 10.0 Å². The highest BCUT2D eigenvalue weighted by molar-refractivity contribution is 7.89. The third kappa shape index (κ3) is 2.68. The van der Waals surface area contributed by atoms with Gasteiger partial charge in [0.25, 0.3) is 0 Å².